The molecule has 2 aliphatic heterocycles. The lowest BCUT2D eigenvalue weighted by Gasteiger charge is -2.59. The molecular formula is C53H58N4O14. The average Bonchev–Trinajstić information content (AvgIpc) is 3.85. The molecule has 18 nitrogen and oxygen atoms in total. The minimum Gasteiger partial charge on any atom is -0.459 e. The Morgan fingerprint density at radius 3 is 2.32 bits per heavy atom. The molecule has 0 saturated heterocycles. The van der Waals surface area contributed by atoms with Gasteiger partial charge < -0.3 is 43.5 Å². The lowest BCUT2D eigenvalue weighted by molar-refractivity contribution is -0.385. The largest absolute Gasteiger partial charge is 0.459 e. The van der Waals surface area contributed by atoms with E-state index in [1.807, 2.05) is 18.2 Å². The number of non-ortho nitro benzene ring substituents is 2. The number of nitro groups is 2. The number of aliphatic hydroxyl groups is 2. The summed E-state index contributed by atoms with van der Waals surface area (Å²) in [5.74, 6) is -0.771. The molecule has 2 heterocycles. The van der Waals surface area contributed by atoms with Gasteiger partial charge in [0, 0.05) is 55.9 Å². The number of carbonyl (C=O) groups excluding carboxylic acids is 1. The Labute approximate surface area is 411 Å². The third-order valence-electron chi connectivity index (χ3n) is 13.4. The van der Waals surface area contributed by atoms with Gasteiger partial charge in [-0.25, -0.2) is 4.79 Å². The summed E-state index contributed by atoms with van der Waals surface area (Å²) in [7, 11) is 0. The van der Waals surface area contributed by atoms with Gasteiger partial charge in [-0.3, -0.25) is 25.1 Å². The van der Waals surface area contributed by atoms with Crippen LogP contribution in [0.15, 0.2) is 127 Å². The molecule has 374 valence electrons. The van der Waals surface area contributed by atoms with Crippen LogP contribution in [-0.4, -0.2) is 81.8 Å². The van der Waals surface area contributed by atoms with Crippen LogP contribution in [0.4, 0.5) is 16.2 Å². The number of nitro benzene ring substituents is 2. The molecule has 18 heteroatoms. The van der Waals surface area contributed by atoms with Crippen molar-refractivity contribution in [3.8, 4) is 28.7 Å². The van der Waals surface area contributed by atoms with E-state index in [4.69, 9.17) is 38.4 Å². The summed E-state index contributed by atoms with van der Waals surface area (Å²) < 4.78 is 38.2. The fourth-order valence-electron chi connectivity index (χ4n) is 10.3. The number of nitrogens with zero attached hydrogens (tertiary/aromatic N) is 4. The van der Waals surface area contributed by atoms with Crippen molar-refractivity contribution in [1.82, 2.24) is 4.90 Å². The summed E-state index contributed by atoms with van der Waals surface area (Å²) in [4.78, 5) is 44.9. The number of hydrogen-bond donors (Lipinski definition) is 2. The fraction of sp³-hybridized carbons (Fsp3) is 0.396. The van der Waals surface area contributed by atoms with Gasteiger partial charge in [-0.1, -0.05) is 48.4 Å². The Kier molecular flexibility index (Phi) is 16.3. The van der Waals surface area contributed by atoms with Crippen molar-refractivity contribution in [1.29, 1.82) is 0 Å². The zero-order valence-electron chi connectivity index (χ0n) is 39.3. The van der Waals surface area contributed by atoms with Gasteiger partial charge in [0.05, 0.1) is 40.8 Å². The quantitative estimate of drug-likeness (QED) is 0.0289. The van der Waals surface area contributed by atoms with Crippen LogP contribution in [0.1, 0.15) is 74.0 Å². The molecule has 2 aliphatic carbocycles. The molecule has 4 aromatic carbocycles. The van der Waals surface area contributed by atoms with Crippen molar-refractivity contribution in [2.75, 3.05) is 33.2 Å². The van der Waals surface area contributed by atoms with E-state index < -0.39 is 39.6 Å². The van der Waals surface area contributed by atoms with Gasteiger partial charge >= 0.3 is 6.09 Å². The molecule has 2 N–H and O–H groups in total. The van der Waals surface area contributed by atoms with E-state index in [-0.39, 0.29) is 81.8 Å². The second-order valence-electron chi connectivity index (χ2n) is 17.8. The summed E-state index contributed by atoms with van der Waals surface area (Å²) in [5.41, 5.74) is 3.19. The average molecular weight is 975 g/mol. The number of rotatable bonds is 24. The van der Waals surface area contributed by atoms with Crippen LogP contribution in [0.2, 0.25) is 0 Å². The summed E-state index contributed by atoms with van der Waals surface area (Å²) in [6.07, 6.45) is 9.17. The molecule has 4 aliphatic rings. The predicted molar refractivity (Wildman–Crippen MR) is 260 cm³/mol. The number of aliphatic hydroxyl groups excluding tert-OH is 2. The van der Waals surface area contributed by atoms with Crippen molar-refractivity contribution in [3.05, 3.63) is 159 Å². The minimum absolute atomic E-state index is 0.00186. The van der Waals surface area contributed by atoms with Gasteiger partial charge in [0.1, 0.15) is 29.9 Å². The van der Waals surface area contributed by atoms with E-state index in [0.29, 0.717) is 84.8 Å². The Balaban J connectivity index is 1.33. The van der Waals surface area contributed by atoms with Crippen LogP contribution in [-0.2, 0) is 27.5 Å². The lowest BCUT2D eigenvalue weighted by atomic mass is 9.55. The van der Waals surface area contributed by atoms with Crippen LogP contribution in [0.25, 0.3) is 0 Å². The monoisotopic (exact) mass is 974 g/mol. The molecule has 0 unspecified atom stereocenters. The van der Waals surface area contributed by atoms with Crippen molar-refractivity contribution in [3.63, 3.8) is 0 Å². The first-order valence-corrected chi connectivity index (χ1v) is 23.9. The van der Waals surface area contributed by atoms with E-state index in [2.05, 4.69) is 19.2 Å². The number of benzene rings is 4. The second-order valence-corrected chi connectivity index (χ2v) is 17.8. The molecule has 71 heavy (non-hydrogen) atoms. The Morgan fingerprint density at radius 1 is 0.845 bits per heavy atom. The topological polar surface area (TPSA) is 224 Å². The molecule has 0 radical (unpaired) electrons. The Bertz CT molecular complexity index is 2640. The SMILES string of the molecule is C=CCCOC(=O)N(Cc1ccc2c(c1)OCO2)[C@H]1CC(=NOCc2ccc([N+](=O)[O-])cc2)C2=C[C@H](CCCCO)[C@@H](CCCCO)[C@@H]3c4cc(Oc5cccc([N+](=O)[O-])c5)ccc4O[C@@]1(OCC=C)[C@H]23. The van der Waals surface area contributed by atoms with E-state index in [1.165, 1.54) is 24.3 Å². The maximum Gasteiger partial charge on any atom is 0.410 e. The number of hydrogen-bond acceptors (Lipinski definition) is 15. The van der Waals surface area contributed by atoms with Crippen molar-refractivity contribution in [2.24, 2.45) is 22.9 Å². The van der Waals surface area contributed by atoms with E-state index in [1.54, 1.807) is 59.5 Å². The number of amides is 1. The smallest absolute Gasteiger partial charge is 0.410 e. The minimum atomic E-state index is -1.64. The summed E-state index contributed by atoms with van der Waals surface area (Å²) >= 11 is 0. The van der Waals surface area contributed by atoms with Crippen molar-refractivity contribution >= 4 is 23.2 Å². The van der Waals surface area contributed by atoms with Crippen molar-refractivity contribution in [2.45, 2.75) is 82.3 Å². The maximum absolute atomic E-state index is 14.9. The zero-order valence-corrected chi connectivity index (χ0v) is 39.3. The number of unbranched alkanes of at least 4 members (excludes halogenated alkanes) is 2. The van der Waals surface area contributed by atoms with Crippen LogP contribution < -0.4 is 18.9 Å². The van der Waals surface area contributed by atoms with Crippen LogP contribution >= 0.6 is 0 Å². The first kappa shape index (κ1) is 50.1. The van der Waals surface area contributed by atoms with Crippen LogP contribution in [0.3, 0.4) is 0 Å². The molecule has 0 bridgehead atoms. The first-order chi connectivity index (χ1) is 34.6. The second kappa shape index (κ2) is 23.1. The highest BCUT2D eigenvalue weighted by Crippen LogP contribution is 2.62. The number of ether oxygens (including phenoxy) is 6. The van der Waals surface area contributed by atoms with Gasteiger partial charge in [-0.05, 0) is 109 Å². The standard InChI is InChI=1S/C53H58N4O14/c1-3-5-26-65-52(60)55(32-36-17-21-47-48(27-36)67-34-66-47)49-31-45(54-69-33-35-15-18-38(19-16-35)56(61)62)43-28-37(11-6-8-23-58)42(14-7-9-24-59)50-44-30-41(70-40-13-10-12-39(29-40)57(63)64)20-22-46(44)71-53(49,51(43)50)68-25-4-2/h3-4,10,12-13,15-22,27-30,37,42,49-51,58-59H,1-2,5-9,11,14,23-26,31-34H2/t37-,42+,49-,50+,51+,53+/m0/s1. The van der Waals surface area contributed by atoms with Gasteiger partial charge in [-0.15, -0.1) is 13.2 Å². The van der Waals surface area contributed by atoms with Gasteiger partial charge in [0.25, 0.3) is 11.4 Å². The molecule has 8 rings (SSSR count). The molecular weight excluding hydrogens is 917 g/mol. The van der Waals surface area contributed by atoms with E-state index in [0.717, 1.165) is 11.1 Å². The van der Waals surface area contributed by atoms with Gasteiger partial charge in [0.2, 0.25) is 12.6 Å². The zero-order chi connectivity index (χ0) is 49.9. The Hall–Kier alpha value is -7.28. The first-order valence-electron chi connectivity index (χ1n) is 23.9. The third kappa shape index (κ3) is 11.2. The summed E-state index contributed by atoms with van der Waals surface area (Å²) in [5, 5.41) is 48.1. The normalized spacial score (nSPS) is 22.0. The number of allylic oxidation sites excluding steroid dienone is 1. The number of fused-ring (bicyclic) bond motifs is 3. The highest BCUT2D eigenvalue weighted by Gasteiger charge is 2.66. The van der Waals surface area contributed by atoms with Gasteiger partial charge in [-0.2, -0.15) is 0 Å². The van der Waals surface area contributed by atoms with Crippen molar-refractivity contribution < 1.29 is 58.1 Å². The fourth-order valence-corrected chi connectivity index (χ4v) is 10.3. The molecule has 1 amide bonds. The van der Waals surface area contributed by atoms with Crippen LogP contribution in [0.5, 0.6) is 28.7 Å². The lowest BCUT2D eigenvalue weighted by Crippen LogP contribution is -2.70. The molecule has 4 aromatic rings. The van der Waals surface area contributed by atoms with Crippen LogP contribution in [0, 0.1) is 38.0 Å². The Morgan fingerprint density at radius 2 is 1.58 bits per heavy atom. The molecule has 1 saturated carbocycles. The number of oxime groups is 1. The summed E-state index contributed by atoms with van der Waals surface area (Å²) in [6, 6.07) is 21.8. The van der Waals surface area contributed by atoms with E-state index >= 15 is 0 Å². The highest BCUT2D eigenvalue weighted by atomic mass is 16.7. The molecule has 1 fully saturated rings. The van der Waals surface area contributed by atoms with E-state index in [9.17, 15) is 35.2 Å². The van der Waals surface area contributed by atoms with Gasteiger partial charge in [0.15, 0.2) is 11.5 Å². The molecule has 6 atom stereocenters. The summed E-state index contributed by atoms with van der Waals surface area (Å²) in [6.45, 7) is 7.94. The molecule has 0 spiro atoms. The maximum atomic E-state index is 14.9. The highest BCUT2D eigenvalue weighted by molar-refractivity contribution is 6.03. The third-order valence-corrected chi connectivity index (χ3v) is 13.4. The number of carbonyl (C=O) groups is 1. The predicted octanol–water partition coefficient (Wildman–Crippen LogP) is 10.1. The molecule has 0 aromatic heterocycles.